The lowest BCUT2D eigenvalue weighted by atomic mass is 10.0. The predicted molar refractivity (Wildman–Crippen MR) is 91.0 cm³/mol. The van der Waals surface area contributed by atoms with E-state index in [1.165, 1.54) is 0 Å². The largest absolute Gasteiger partial charge is 0.493 e. The molecule has 0 radical (unpaired) electrons. The Balaban J connectivity index is 2.45. The molecule has 0 heterocycles. The lowest BCUT2D eigenvalue weighted by molar-refractivity contribution is 0.324. The van der Waals surface area contributed by atoms with Crippen LogP contribution in [0.15, 0.2) is 40.9 Å². The summed E-state index contributed by atoms with van der Waals surface area (Å²) in [6, 6.07) is 12.0. The Morgan fingerprint density at radius 1 is 0.810 bits per heavy atom. The van der Waals surface area contributed by atoms with E-state index in [-0.39, 0.29) is 4.83 Å². The Morgan fingerprint density at radius 2 is 1.33 bits per heavy atom. The van der Waals surface area contributed by atoms with Crippen molar-refractivity contribution < 1.29 is 14.2 Å². The number of halogens is 2. The Labute approximate surface area is 141 Å². The third-order valence-corrected chi connectivity index (χ3v) is 4.73. The summed E-state index contributed by atoms with van der Waals surface area (Å²) in [4.78, 5) is 0.0410. The standard InChI is InChI=1S/C16H16Br2O3/c1-19-13-8-11(9-14(20-2)16(13)21-3)15(18)10-4-6-12(17)7-5-10/h4-9,15H,1-3H3. The molecule has 0 amide bonds. The SMILES string of the molecule is COc1cc(C(Br)c2ccc(Br)cc2)cc(OC)c1OC. The van der Waals surface area contributed by atoms with Crippen molar-refractivity contribution in [3.63, 3.8) is 0 Å². The summed E-state index contributed by atoms with van der Waals surface area (Å²) in [7, 11) is 4.83. The topological polar surface area (TPSA) is 27.7 Å². The molecule has 3 nitrogen and oxygen atoms in total. The van der Waals surface area contributed by atoms with Crippen molar-refractivity contribution in [1.29, 1.82) is 0 Å². The number of hydrogen-bond donors (Lipinski definition) is 0. The Hall–Kier alpha value is -1.20. The van der Waals surface area contributed by atoms with Crippen molar-refractivity contribution in [3.8, 4) is 17.2 Å². The summed E-state index contributed by atoms with van der Waals surface area (Å²) in [5.74, 6) is 1.89. The molecule has 0 aliphatic carbocycles. The molecule has 0 aliphatic rings. The van der Waals surface area contributed by atoms with E-state index < -0.39 is 0 Å². The maximum Gasteiger partial charge on any atom is 0.203 e. The van der Waals surface area contributed by atoms with Gasteiger partial charge in [-0.15, -0.1) is 0 Å². The van der Waals surface area contributed by atoms with Crippen molar-refractivity contribution in [2.24, 2.45) is 0 Å². The minimum atomic E-state index is 0.0410. The molecule has 0 aliphatic heterocycles. The fraction of sp³-hybridized carbons (Fsp3) is 0.250. The molecule has 2 aromatic rings. The van der Waals surface area contributed by atoms with Crippen LogP contribution in [-0.4, -0.2) is 21.3 Å². The van der Waals surface area contributed by atoms with Gasteiger partial charge in [0.2, 0.25) is 5.75 Å². The van der Waals surface area contributed by atoms with Crippen molar-refractivity contribution in [2.45, 2.75) is 4.83 Å². The van der Waals surface area contributed by atoms with Gasteiger partial charge in [0.1, 0.15) is 0 Å². The van der Waals surface area contributed by atoms with Gasteiger partial charge in [-0.1, -0.05) is 44.0 Å². The van der Waals surface area contributed by atoms with Gasteiger partial charge < -0.3 is 14.2 Å². The molecule has 112 valence electrons. The molecule has 5 heteroatoms. The van der Waals surface area contributed by atoms with Crippen LogP contribution in [0.2, 0.25) is 0 Å². The Morgan fingerprint density at radius 3 is 1.76 bits per heavy atom. The summed E-state index contributed by atoms with van der Waals surface area (Å²) in [6.07, 6.45) is 0. The molecule has 0 saturated carbocycles. The van der Waals surface area contributed by atoms with Gasteiger partial charge in [0.15, 0.2) is 11.5 Å². The van der Waals surface area contributed by atoms with E-state index in [0.717, 1.165) is 15.6 Å². The summed E-state index contributed by atoms with van der Waals surface area (Å²) in [6.45, 7) is 0. The lowest BCUT2D eigenvalue weighted by Crippen LogP contribution is -1.99. The van der Waals surface area contributed by atoms with Gasteiger partial charge in [0.05, 0.1) is 26.2 Å². The van der Waals surface area contributed by atoms with E-state index in [1.807, 2.05) is 24.3 Å². The minimum Gasteiger partial charge on any atom is -0.493 e. The molecule has 0 saturated heterocycles. The maximum absolute atomic E-state index is 5.39. The van der Waals surface area contributed by atoms with E-state index in [9.17, 15) is 0 Å². The number of alkyl halides is 1. The van der Waals surface area contributed by atoms with Gasteiger partial charge in [0.25, 0.3) is 0 Å². The summed E-state index contributed by atoms with van der Waals surface area (Å²) >= 11 is 7.17. The van der Waals surface area contributed by atoms with E-state index in [4.69, 9.17) is 14.2 Å². The normalized spacial score (nSPS) is 11.9. The summed E-state index contributed by atoms with van der Waals surface area (Å²) in [5, 5.41) is 0. The first kappa shape index (κ1) is 16.2. The molecule has 0 N–H and O–H groups in total. The second-order valence-electron chi connectivity index (χ2n) is 4.37. The van der Waals surface area contributed by atoms with Crippen molar-refractivity contribution >= 4 is 31.9 Å². The second-order valence-corrected chi connectivity index (χ2v) is 6.20. The fourth-order valence-electron chi connectivity index (χ4n) is 2.07. The number of methoxy groups -OCH3 is 3. The molecule has 1 atom stereocenters. The van der Waals surface area contributed by atoms with E-state index in [0.29, 0.717) is 17.2 Å². The van der Waals surface area contributed by atoms with Crippen LogP contribution in [-0.2, 0) is 0 Å². The molecule has 0 aromatic heterocycles. The quantitative estimate of drug-likeness (QED) is 0.646. The van der Waals surface area contributed by atoms with E-state index in [2.05, 4.69) is 44.0 Å². The van der Waals surface area contributed by atoms with Crippen LogP contribution in [0.25, 0.3) is 0 Å². The molecule has 2 rings (SSSR count). The van der Waals surface area contributed by atoms with E-state index in [1.54, 1.807) is 21.3 Å². The first-order chi connectivity index (χ1) is 10.1. The molecule has 0 bridgehead atoms. The molecule has 1 unspecified atom stereocenters. The Kier molecular flexibility index (Phi) is 5.53. The number of hydrogen-bond acceptors (Lipinski definition) is 3. The smallest absolute Gasteiger partial charge is 0.203 e. The summed E-state index contributed by atoms with van der Waals surface area (Å²) in [5.41, 5.74) is 2.18. The van der Waals surface area contributed by atoms with Crippen molar-refractivity contribution in [1.82, 2.24) is 0 Å². The second kappa shape index (κ2) is 7.18. The zero-order valence-corrected chi connectivity index (χ0v) is 15.2. The zero-order chi connectivity index (χ0) is 15.4. The van der Waals surface area contributed by atoms with Gasteiger partial charge in [-0.3, -0.25) is 0 Å². The highest BCUT2D eigenvalue weighted by atomic mass is 79.9. The third-order valence-electron chi connectivity index (χ3n) is 3.14. The van der Waals surface area contributed by atoms with Gasteiger partial charge in [0, 0.05) is 4.47 Å². The molecule has 0 fully saturated rings. The highest BCUT2D eigenvalue weighted by Crippen LogP contribution is 2.42. The molecule has 21 heavy (non-hydrogen) atoms. The Bertz CT molecular complexity index is 586. The van der Waals surface area contributed by atoms with Crippen LogP contribution >= 0.6 is 31.9 Å². The van der Waals surface area contributed by atoms with E-state index >= 15 is 0 Å². The molecule has 2 aromatic carbocycles. The predicted octanol–water partition coefficient (Wildman–Crippen LogP) is 4.96. The highest BCUT2D eigenvalue weighted by molar-refractivity contribution is 9.10. The van der Waals surface area contributed by atoms with Gasteiger partial charge in [-0.2, -0.15) is 0 Å². The maximum atomic E-state index is 5.39. The zero-order valence-electron chi connectivity index (χ0n) is 12.0. The number of rotatable bonds is 5. The van der Waals surface area contributed by atoms with Crippen molar-refractivity contribution in [3.05, 3.63) is 52.0 Å². The van der Waals surface area contributed by atoms with Crippen LogP contribution in [0, 0.1) is 0 Å². The average Bonchev–Trinajstić information content (AvgIpc) is 2.53. The summed E-state index contributed by atoms with van der Waals surface area (Å²) < 4.78 is 17.2. The number of benzene rings is 2. The van der Waals surface area contributed by atoms with Gasteiger partial charge in [-0.25, -0.2) is 0 Å². The highest BCUT2D eigenvalue weighted by Gasteiger charge is 2.18. The first-order valence-corrected chi connectivity index (χ1v) is 8.01. The molecular formula is C16H16Br2O3. The molecule has 0 spiro atoms. The average molecular weight is 416 g/mol. The van der Waals surface area contributed by atoms with Crippen LogP contribution in [0.4, 0.5) is 0 Å². The molecular weight excluding hydrogens is 400 g/mol. The van der Waals surface area contributed by atoms with Crippen LogP contribution < -0.4 is 14.2 Å². The first-order valence-electron chi connectivity index (χ1n) is 6.30. The van der Waals surface area contributed by atoms with Gasteiger partial charge >= 0.3 is 0 Å². The van der Waals surface area contributed by atoms with Gasteiger partial charge in [-0.05, 0) is 35.4 Å². The third kappa shape index (κ3) is 3.52. The van der Waals surface area contributed by atoms with Crippen LogP contribution in [0.5, 0.6) is 17.2 Å². The van der Waals surface area contributed by atoms with Crippen LogP contribution in [0.1, 0.15) is 16.0 Å². The monoisotopic (exact) mass is 414 g/mol. The fourth-order valence-corrected chi connectivity index (χ4v) is 2.91. The number of ether oxygens (including phenoxy) is 3. The lowest BCUT2D eigenvalue weighted by Gasteiger charge is -2.17. The van der Waals surface area contributed by atoms with Crippen LogP contribution in [0.3, 0.4) is 0 Å². The van der Waals surface area contributed by atoms with Crippen molar-refractivity contribution in [2.75, 3.05) is 21.3 Å². The minimum absolute atomic E-state index is 0.0410.